The molecule has 1 aromatic carbocycles. The first-order valence-electron chi connectivity index (χ1n) is 6.26. The zero-order valence-electron chi connectivity index (χ0n) is 10.5. The van der Waals surface area contributed by atoms with E-state index in [2.05, 4.69) is 5.16 Å². The molecule has 3 rings (SSSR count). The number of benzene rings is 1. The van der Waals surface area contributed by atoms with Gasteiger partial charge in [-0.05, 0) is 37.0 Å². The largest absolute Gasteiger partial charge is 0.493 e. The molecular weight excluding hydrogens is 282 g/mol. The number of rotatable bonds is 5. The molecule has 0 spiro atoms. The van der Waals surface area contributed by atoms with Gasteiger partial charge in [-0.3, -0.25) is 0 Å². The smallest absolute Gasteiger partial charge is 0.374 e. The molecule has 5 nitrogen and oxygen atoms in total. The zero-order valence-corrected chi connectivity index (χ0v) is 11.3. The molecule has 6 heteroatoms. The van der Waals surface area contributed by atoms with E-state index in [0.717, 1.165) is 0 Å². The van der Waals surface area contributed by atoms with Crippen molar-refractivity contribution < 1.29 is 19.2 Å². The minimum absolute atomic E-state index is 0.215. The fraction of sp³-hybridized carbons (Fsp3) is 0.286. The van der Waals surface area contributed by atoms with Crippen LogP contribution in [-0.4, -0.2) is 22.8 Å². The quantitative estimate of drug-likeness (QED) is 0.913. The number of carboxylic acid groups (broad SMARTS) is 1. The van der Waals surface area contributed by atoms with Crippen LogP contribution in [0.15, 0.2) is 28.8 Å². The molecule has 0 unspecified atom stereocenters. The Balaban J connectivity index is 1.91. The number of aromatic carboxylic acids is 1. The van der Waals surface area contributed by atoms with E-state index in [9.17, 15) is 4.79 Å². The van der Waals surface area contributed by atoms with Gasteiger partial charge in [0.25, 0.3) is 0 Å². The summed E-state index contributed by atoms with van der Waals surface area (Å²) in [7, 11) is 0. The lowest BCUT2D eigenvalue weighted by atomic mass is 10.1. The highest BCUT2D eigenvalue weighted by molar-refractivity contribution is 6.30. The molecule has 1 aliphatic rings. The van der Waals surface area contributed by atoms with Gasteiger partial charge in [-0.25, -0.2) is 4.79 Å². The second-order valence-electron chi connectivity index (χ2n) is 4.78. The van der Waals surface area contributed by atoms with Crippen molar-refractivity contribution in [2.75, 3.05) is 6.61 Å². The number of halogens is 1. The number of nitrogens with zero attached hydrogens (tertiary/aromatic N) is 1. The molecule has 0 amide bonds. The maximum Gasteiger partial charge on any atom is 0.374 e. The Bertz CT molecular complexity index is 648. The Kier molecular flexibility index (Phi) is 3.36. The Hall–Kier alpha value is -2.01. The first-order chi connectivity index (χ1) is 9.63. The van der Waals surface area contributed by atoms with Crippen LogP contribution in [0.4, 0.5) is 0 Å². The zero-order chi connectivity index (χ0) is 14.1. The molecule has 1 fully saturated rings. The summed E-state index contributed by atoms with van der Waals surface area (Å²) >= 11 is 5.98. The second-order valence-corrected chi connectivity index (χ2v) is 5.21. The Morgan fingerprint density at radius 2 is 2.25 bits per heavy atom. The predicted octanol–water partition coefficient (Wildman–Crippen LogP) is 3.48. The number of carboxylic acids is 1. The summed E-state index contributed by atoms with van der Waals surface area (Å²) in [5, 5.41) is 13.1. The third-order valence-electron chi connectivity index (χ3n) is 3.11. The maximum atomic E-state index is 10.8. The summed E-state index contributed by atoms with van der Waals surface area (Å²) < 4.78 is 10.5. The third-order valence-corrected chi connectivity index (χ3v) is 3.35. The Labute approximate surface area is 120 Å². The van der Waals surface area contributed by atoms with Gasteiger partial charge in [0.2, 0.25) is 5.76 Å². The van der Waals surface area contributed by atoms with Crippen LogP contribution in [0.25, 0.3) is 11.3 Å². The highest BCUT2D eigenvalue weighted by atomic mass is 35.5. The van der Waals surface area contributed by atoms with E-state index in [1.165, 1.54) is 18.9 Å². The summed E-state index contributed by atoms with van der Waals surface area (Å²) in [4.78, 5) is 10.8. The molecule has 1 aliphatic carbocycles. The van der Waals surface area contributed by atoms with E-state index in [1.54, 1.807) is 18.2 Å². The van der Waals surface area contributed by atoms with Gasteiger partial charge in [-0.1, -0.05) is 16.8 Å². The molecule has 1 N–H and O–H groups in total. The van der Waals surface area contributed by atoms with Gasteiger partial charge in [-0.2, -0.15) is 0 Å². The van der Waals surface area contributed by atoms with E-state index in [4.69, 9.17) is 26.0 Å². The van der Waals surface area contributed by atoms with E-state index in [1.807, 2.05) is 0 Å². The number of ether oxygens (including phenoxy) is 1. The molecule has 0 saturated heterocycles. The Morgan fingerprint density at radius 3 is 2.90 bits per heavy atom. The van der Waals surface area contributed by atoms with Crippen LogP contribution in [-0.2, 0) is 0 Å². The third kappa shape index (κ3) is 2.77. The van der Waals surface area contributed by atoms with Crippen molar-refractivity contribution in [3.63, 3.8) is 0 Å². The van der Waals surface area contributed by atoms with Crippen LogP contribution in [0.3, 0.4) is 0 Å². The summed E-state index contributed by atoms with van der Waals surface area (Å²) in [6.45, 7) is 0.651. The van der Waals surface area contributed by atoms with Crippen LogP contribution in [0.2, 0.25) is 5.02 Å². The molecule has 1 aromatic heterocycles. The lowest BCUT2D eigenvalue weighted by Crippen LogP contribution is -2.00. The van der Waals surface area contributed by atoms with Crippen LogP contribution in [0.1, 0.15) is 23.4 Å². The van der Waals surface area contributed by atoms with Gasteiger partial charge in [0, 0.05) is 16.7 Å². The van der Waals surface area contributed by atoms with Gasteiger partial charge < -0.3 is 14.4 Å². The SMILES string of the molecule is O=C(O)c1cc(-c2cc(Cl)ccc2OCC2CC2)no1. The van der Waals surface area contributed by atoms with Gasteiger partial charge in [0.1, 0.15) is 11.4 Å². The van der Waals surface area contributed by atoms with E-state index in [-0.39, 0.29) is 5.76 Å². The summed E-state index contributed by atoms with van der Waals surface area (Å²) in [5.41, 5.74) is 1.03. The van der Waals surface area contributed by atoms with Gasteiger partial charge in [-0.15, -0.1) is 0 Å². The molecule has 0 aliphatic heterocycles. The number of carbonyl (C=O) groups is 1. The fourth-order valence-corrected chi connectivity index (χ4v) is 2.00. The van der Waals surface area contributed by atoms with Crippen LogP contribution < -0.4 is 4.74 Å². The molecule has 0 bridgehead atoms. The molecule has 20 heavy (non-hydrogen) atoms. The monoisotopic (exact) mass is 293 g/mol. The van der Waals surface area contributed by atoms with Crippen molar-refractivity contribution in [2.24, 2.45) is 5.92 Å². The average molecular weight is 294 g/mol. The topological polar surface area (TPSA) is 72.6 Å². The fourth-order valence-electron chi connectivity index (χ4n) is 1.82. The first-order valence-corrected chi connectivity index (χ1v) is 6.64. The summed E-state index contributed by atoms with van der Waals surface area (Å²) in [6, 6.07) is 6.53. The van der Waals surface area contributed by atoms with Gasteiger partial charge in [0.15, 0.2) is 0 Å². The molecule has 1 saturated carbocycles. The molecular formula is C14H12ClNO4. The number of aromatic nitrogens is 1. The van der Waals surface area contributed by atoms with Crippen molar-refractivity contribution in [1.82, 2.24) is 5.16 Å². The van der Waals surface area contributed by atoms with Crippen molar-refractivity contribution in [1.29, 1.82) is 0 Å². The highest BCUT2D eigenvalue weighted by Crippen LogP contribution is 2.35. The first kappa shape index (κ1) is 13.0. The van der Waals surface area contributed by atoms with Crippen molar-refractivity contribution >= 4 is 17.6 Å². The van der Waals surface area contributed by atoms with Gasteiger partial charge in [0.05, 0.1) is 6.61 Å². The molecule has 1 heterocycles. The number of hydrogen-bond acceptors (Lipinski definition) is 4. The predicted molar refractivity (Wildman–Crippen MR) is 72.1 cm³/mol. The Morgan fingerprint density at radius 1 is 1.45 bits per heavy atom. The van der Waals surface area contributed by atoms with Crippen LogP contribution >= 0.6 is 11.6 Å². The normalized spacial score (nSPS) is 14.2. The minimum Gasteiger partial charge on any atom is -0.493 e. The molecule has 0 radical (unpaired) electrons. The van der Waals surface area contributed by atoms with E-state index in [0.29, 0.717) is 34.6 Å². The average Bonchev–Trinajstić information content (AvgIpc) is 3.11. The number of hydrogen-bond donors (Lipinski definition) is 1. The molecule has 0 atom stereocenters. The van der Waals surface area contributed by atoms with Crippen molar-refractivity contribution in [3.05, 3.63) is 35.0 Å². The second kappa shape index (κ2) is 5.17. The van der Waals surface area contributed by atoms with E-state index >= 15 is 0 Å². The van der Waals surface area contributed by atoms with Crippen LogP contribution in [0, 0.1) is 5.92 Å². The summed E-state index contributed by atoms with van der Waals surface area (Å²) in [6.07, 6.45) is 2.38. The van der Waals surface area contributed by atoms with Gasteiger partial charge >= 0.3 is 5.97 Å². The highest BCUT2D eigenvalue weighted by Gasteiger charge is 2.23. The van der Waals surface area contributed by atoms with Crippen molar-refractivity contribution in [3.8, 4) is 17.0 Å². The molecule has 104 valence electrons. The lowest BCUT2D eigenvalue weighted by Gasteiger charge is -2.09. The standard InChI is InChI=1S/C14H12ClNO4/c15-9-3-4-12(19-7-8-1-2-8)10(5-9)11-6-13(14(17)18)20-16-11/h3-6,8H,1-2,7H2,(H,17,18). The van der Waals surface area contributed by atoms with E-state index < -0.39 is 5.97 Å². The maximum absolute atomic E-state index is 10.8. The van der Waals surface area contributed by atoms with Crippen LogP contribution in [0.5, 0.6) is 5.75 Å². The minimum atomic E-state index is -1.16. The lowest BCUT2D eigenvalue weighted by molar-refractivity contribution is 0.0652. The van der Waals surface area contributed by atoms with Crippen molar-refractivity contribution in [2.45, 2.75) is 12.8 Å². The summed E-state index contributed by atoms with van der Waals surface area (Å²) in [5.74, 6) is -0.128. The molecule has 2 aromatic rings.